The largest absolute Gasteiger partial charge is 0.490 e. The third kappa shape index (κ3) is 11.9. The van der Waals surface area contributed by atoms with Crippen molar-refractivity contribution in [3.05, 3.63) is 102 Å². The number of nitrogens with two attached hydrogens (primary N) is 1. The Hall–Kier alpha value is -4.94. The van der Waals surface area contributed by atoms with Crippen LogP contribution in [0.5, 0.6) is 5.75 Å². The first-order valence-corrected chi connectivity index (χ1v) is 16.9. The molecule has 268 valence electrons. The second kappa shape index (κ2) is 18.2. The number of rotatable bonds is 15. The number of β-amino-alcohol motifs (C(OH)–C–C–N with tert-alkyl or cyclic N) is 1. The minimum absolute atomic E-state index is 0.0431. The van der Waals surface area contributed by atoms with Gasteiger partial charge in [-0.25, -0.2) is 4.79 Å². The first-order valence-electron chi connectivity index (χ1n) is 16.9. The molecule has 4 rings (SSSR count). The molecule has 12 heteroatoms. The fourth-order valence-corrected chi connectivity index (χ4v) is 5.82. The van der Waals surface area contributed by atoms with Gasteiger partial charge >= 0.3 is 6.09 Å². The molecule has 1 aliphatic rings. The predicted molar refractivity (Wildman–Crippen MR) is 189 cm³/mol. The molecule has 1 heterocycles. The summed E-state index contributed by atoms with van der Waals surface area (Å²) in [6, 6.07) is 24.9. The van der Waals surface area contributed by atoms with Crippen molar-refractivity contribution in [1.29, 1.82) is 0 Å². The summed E-state index contributed by atoms with van der Waals surface area (Å²) in [6.45, 7) is 6.10. The van der Waals surface area contributed by atoms with E-state index in [1.807, 2.05) is 87.5 Å². The highest BCUT2D eigenvalue weighted by Crippen LogP contribution is 2.23. The summed E-state index contributed by atoms with van der Waals surface area (Å²) in [4.78, 5) is 53.9. The van der Waals surface area contributed by atoms with Crippen molar-refractivity contribution in [2.75, 3.05) is 13.1 Å². The number of piperidine rings is 1. The number of para-hydroxylation sites is 1. The van der Waals surface area contributed by atoms with Crippen molar-refractivity contribution in [3.63, 3.8) is 0 Å². The van der Waals surface area contributed by atoms with Gasteiger partial charge in [-0.3, -0.25) is 14.4 Å². The Balaban J connectivity index is 1.48. The molecule has 0 aliphatic carbocycles. The monoisotopic (exact) mass is 687 g/mol. The highest BCUT2D eigenvalue weighted by Gasteiger charge is 2.38. The van der Waals surface area contributed by atoms with Crippen LogP contribution in [0.3, 0.4) is 0 Å². The molecule has 1 fully saturated rings. The summed E-state index contributed by atoms with van der Waals surface area (Å²) >= 11 is 0. The summed E-state index contributed by atoms with van der Waals surface area (Å²) in [5, 5.41) is 20.3. The lowest BCUT2D eigenvalue weighted by molar-refractivity contribution is -0.142. The van der Waals surface area contributed by atoms with Gasteiger partial charge < -0.3 is 41.2 Å². The van der Waals surface area contributed by atoms with Crippen LogP contribution in [0.1, 0.15) is 51.2 Å². The van der Waals surface area contributed by atoms with E-state index in [-0.39, 0.29) is 31.6 Å². The lowest BCUT2D eigenvalue weighted by Gasteiger charge is -2.42. The van der Waals surface area contributed by atoms with Crippen molar-refractivity contribution in [3.8, 4) is 5.75 Å². The molecular weight excluding hydrogens is 638 g/mol. The highest BCUT2D eigenvalue weighted by molar-refractivity contribution is 5.90. The van der Waals surface area contributed by atoms with Crippen molar-refractivity contribution in [2.24, 2.45) is 5.73 Å². The second-order valence-corrected chi connectivity index (χ2v) is 13.5. The zero-order chi connectivity index (χ0) is 36.1. The first kappa shape index (κ1) is 37.9. The van der Waals surface area contributed by atoms with Crippen LogP contribution in [0.4, 0.5) is 4.79 Å². The number of hydrogen-bond acceptors (Lipinski definition) is 8. The number of benzene rings is 3. The minimum atomic E-state index is -1.37. The third-order valence-corrected chi connectivity index (χ3v) is 8.46. The molecule has 0 spiro atoms. The van der Waals surface area contributed by atoms with E-state index in [1.54, 1.807) is 29.2 Å². The molecule has 12 nitrogen and oxygen atoms in total. The molecule has 3 aromatic carbocycles. The molecule has 3 aromatic rings. The number of amides is 4. The molecule has 0 saturated carbocycles. The molecule has 50 heavy (non-hydrogen) atoms. The Bertz CT molecular complexity index is 1540. The number of carbonyl (C=O) groups is 4. The van der Waals surface area contributed by atoms with Gasteiger partial charge in [-0.15, -0.1) is 0 Å². The molecular formula is C38H49N5O7. The number of alkyl carbamates (subject to hydrolysis) is 1. The van der Waals surface area contributed by atoms with Crippen molar-refractivity contribution < 1.29 is 33.8 Å². The second-order valence-electron chi connectivity index (χ2n) is 13.5. The lowest BCUT2D eigenvalue weighted by Crippen LogP contribution is -2.61. The van der Waals surface area contributed by atoms with Crippen LogP contribution >= 0.6 is 0 Å². The number of carbonyl (C=O) groups excluding carboxylic acids is 4. The fourth-order valence-electron chi connectivity index (χ4n) is 5.82. The summed E-state index contributed by atoms with van der Waals surface area (Å²) in [7, 11) is 0. The Kier molecular flexibility index (Phi) is 13.8. The molecule has 6 N–H and O–H groups in total. The summed E-state index contributed by atoms with van der Waals surface area (Å²) < 4.78 is 11.4. The number of aliphatic hydroxyl groups is 1. The fraction of sp³-hybridized carbons (Fsp3) is 0.421. The van der Waals surface area contributed by atoms with Gasteiger partial charge in [0.2, 0.25) is 17.7 Å². The van der Waals surface area contributed by atoms with E-state index in [4.69, 9.17) is 15.2 Å². The topological polar surface area (TPSA) is 172 Å². The summed E-state index contributed by atoms with van der Waals surface area (Å²) in [6.07, 6.45) is -1.42. The molecule has 0 bridgehead atoms. The molecule has 4 amide bonds. The SMILES string of the molecule is CC(C)(C)N(C[C@@H](O)[C@H](Cc1ccccc1)NC(=O)[C@H](CC(N)=O)NC(=O)OCc1ccccc1)C(=O)[C@@H]1C[C@H](Oc2ccccc2)CCN1. The maximum absolute atomic E-state index is 14.1. The Labute approximate surface area is 293 Å². The van der Waals surface area contributed by atoms with Gasteiger partial charge in [-0.1, -0.05) is 78.9 Å². The van der Waals surface area contributed by atoms with Gasteiger partial charge in [0.15, 0.2) is 0 Å². The molecule has 0 unspecified atom stereocenters. The lowest BCUT2D eigenvalue weighted by atomic mass is 9.95. The Morgan fingerprint density at radius 1 is 0.920 bits per heavy atom. The zero-order valence-electron chi connectivity index (χ0n) is 28.9. The zero-order valence-corrected chi connectivity index (χ0v) is 28.9. The molecule has 0 radical (unpaired) electrons. The van der Waals surface area contributed by atoms with Crippen LogP contribution in [0.25, 0.3) is 0 Å². The van der Waals surface area contributed by atoms with E-state index in [1.165, 1.54) is 0 Å². The predicted octanol–water partition coefficient (Wildman–Crippen LogP) is 3.07. The van der Waals surface area contributed by atoms with Gasteiger partial charge in [-0.2, -0.15) is 0 Å². The minimum Gasteiger partial charge on any atom is -0.490 e. The van der Waals surface area contributed by atoms with Crippen LogP contribution in [0, 0.1) is 0 Å². The first-order chi connectivity index (χ1) is 23.9. The van der Waals surface area contributed by atoms with Crippen LogP contribution < -0.4 is 26.4 Å². The van der Waals surface area contributed by atoms with Gasteiger partial charge in [0, 0.05) is 18.5 Å². The Morgan fingerprint density at radius 2 is 1.52 bits per heavy atom. The van der Waals surface area contributed by atoms with E-state index in [0.29, 0.717) is 13.0 Å². The maximum atomic E-state index is 14.1. The molecule has 1 saturated heterocycles. The summed E-state index contributed by atoms with van der Waals surface area (Å²) in [5.74, 6) is -1.00. The number of aliphatic hydroxyl groups excluding tert-OH is 1. The highest BCUT2D eigenvalue weighted by atomic mass is 16.5. The number of nitrogens with one attached hydrogen (secondary N) is 3. The van der Waals surface area contributed by atoms with Gasteiger partial charge in [0.1, 0.15) is 24.5 Å². The normalized spacial score (nSPS) is 17.8. The average Bonchev–Trinajstić information content (AvgIpc) is 3.09. The average molecular weight is 688 g/mol. The molecule has 0 aromatic heterocycles. The third-order valence-electron chi connectivity index (χ3n) is 8.46. The smallest absolute Gasteiger partial charge is 0.408 e. The number of nitrogens with zero attached hydrogens (tertiary/aromatic N) is 1. The van der Waals surface area contributed by atoms with E-state index < -0.39 is 54.1 Å². The summed E-state index contributed by atoms with van der Waals surface area (Å²) in [5.41, 5.74) is 6.31. The number of ether oxygens (including phenoxy) is 2. The Morgan fingerprint density at radius 3 is 2.12 bits per heavy atom. The molecule has 1 aliphatic heterocycles. The van der Waals surface area contributed by atoms with Gasteiger partial charge in [-0.05, 0) is 63.4 Å². The number of primary amides is 1. The van der Waals surface area contributed by atoms with Gasteiger partial charge in [0.25, 0.3) is 0 Å². The van der Waals surface area contributed by atoms with Crippen molar-refractivity contribution >= 4 is 23.8 Å². The maximum Gasteiger partial charge on any atom is 0.408 e. The van der Waals surface area contributed by atoms with E-state index in [9.17, 15) is 24.3 Å². The quantitative estimate of drug-likeness (QED) is 0.162. The van der Waals surface area contributed by atoms with Crippen LogP contribution in [-0.4, -0.2) is 82.8 Å². The van der Waals surface area contributed by atoms with Gasteiger partial charge in [0.05, 0.1) is 24.6 Å². The van der Waals surface area contributed by atoms with E-state index in [0.717, 1.165) is 23.3 Å². The van der Waals surface area contributed by atoms with Crippen molar-refractivity contribution in [1.82, 2.24) is 20.9 Å². The standard InChI is InChI=1S/C38H49N5O7/c1-38(2,3)43(36(47)32-22-29(19-20-40-32)50-28-17-11-6-12-18-28)24-33(44)30(21-26-13-7-4-8-14-26)41-35(46)31(23-34(39)45)42-37(48)49-25-27-15-9-5-10-16-27/h4-18,29-33,40,44H,19-25H2,1-3H3,(H2,39,45)(H,41,46)(H,42,48)/t29-,30+,31+,32+,33-/m1/s1. The molecule has 5 atom stereocenters. The van der Waals surface area contributed by atoms with E-state index in [2.05, 4.69) is 16.0 Å². The van der Waals surface area contributed by atoms with Crippen LogP contribution in [-0.2, 0) is 32.1 Å². The van der Waals surface area contributed by atoms with Crippen LogP contribution in [0.2, 0.25) is 0 Å². The van der Waals surface area contributed by atoms with Crippen molar-refractivity contribution in [2.45, 2.75) is 88.9 Å². The van der Waals surface area contributed by atoms with E-state index >= 15 is 0 Å². The number of hydrogen-bond donors (Lipinski definition) is 5. The van der Waals surface area contributed by atoms with Crippen LogP contribution in [0.15, 0.2) is 91.0 Å².